The summed E-state index contributed by atoms with van der Waals surface area (Å²) in [5.74, 6) is 0.886. The lowest BCUT2D eigenvalue weighted by Gasteiger charge is -2.46. The van der Waals surface area contributed by atoms with Gasteiger partial charge in [0, 0.05) is 6.04 Å². The van der Waals surface area contributed by atoms with Gasteiger partial charge in [0.15, 0.2) is 7.98 Å². The molecule has 2 bridgehead atoms. The van der Waals surface area contributed by atoms with E-state index in [1.54, 1.807) is 0 Å². The zero-order valence-electron chi connectivity index (χ0n) is 15.4. The lowest BCUT2D eigenvalue weighted by atomic mass is 9.68. The second-order valence-electron chi connectivity index (χ2n) is 8.39. The van der Waals surface area contributed by atoms with Gasteiger partial charge in [0.1, 0.15) is 0 Å². The summed E-state index contributed by atoms with van der Waals surface area (Å²) >= 11 is 0. The smallest absolute Gasteiger partial charge is 0.183 e. The van der Waals surface area contributed by atoms with Crippen molar-refractivity contribution in [2.24, 2.45) is 11.3 Å². The molecule has 2 aliphatic rings. The molecule has 1 nitrogen and oxygen atoms in total. The summed E-state index contributed by atoms with van der Waals surface area (Å²) in [6.07, 6.45) is 18.0. The highest BCUT2D eigenvalue weighted by molar-refractivity contribution is 6.05. The van der Waals surface area contributed by atoms with Gasteiger partial charge in [0.25, 0.3) is 0 Å². The van der Waals surface area contributed by atoms with Crippen LogP contribution in [0.2, 0.25) is 0 Å². The first kappa shape index (κ1) is 18.4. The van der Waals surface area contributed by atoms with Crippen molar-refractivity contribution < 1.29 is 0 Å². The van der Waals surface area contributed by atoms with Crippen LogP contribution >= 0.6 is 0 Å². The van der Waals surface area contributed by atoms with E-state index in [0.717, 1.165) is 5.92 Å². The Hall–Kier alpha value is 0.0249. The van der Waals surface area contributed by atoms with Crippen LogP contribution in [0.4, 0.5) is 0 Å². The predicted octanol–water partition coefficient (Wildman–Crippen LogP) is 5.87. The molecule has 2 rings (SSSR count). The van der Waals surface area contributed by atoms with E-state index in [0.29, 0.717) is 17.5 Å². The molecular formula is C20H38BN. The van der Waals surface area contributed by atoms with Crippen molar-refractivity contribution in [2.75, 3.05) is 0 Å². The molecule has 0 aromatic carbocycles. The first-order valence-corrected chi connectivity index (χ1v) is 10.2. The molecule has 1 saturated heterocycles. The summed E-state index contributed by atoms with van der Waals surface area (Å²) in [4.78, 5) is 2.30. The summed E-state index contributed by atoms with van der Waals surface area (Å²) < 4.78 is 0. The maximum absolute atomic E-state index is 6.54. The van der Waals surface area contributed by atoms with E-state index >= 15 is 0 Å². The predicted molar refractivity (Wildman–Crippen MR) is 98.1 cm³/mol. The van der Waals surface area contributed by atoms with E-state index in [1.165, 1.54) is 83.5 Å². The molecular weight excluding hydrogens is 265 g/mol. The molecule has 1 aliphatic carbocycles. The van der Waals surface area contributed by atoms with Gasteiger partial charge in [-0.25, -0.2) is 0 Å². The highest BCUT2D eigenvalue weighted by Gasteiger charge is 2.50. The minimum Gasteiger partial charge on any atom is -0.348 e. The normalized spacial score (nSPS) is 30.8. The average Bonchev–Trinajstić information content (AvgIpc) is 3.08. The molecule has 2 heteroatoms. The topological polar surface area (TPSA) is 3.24 Å². The Morgan fingerprint density at radius 1 is 0.909 bits per heavy atom. The largest absolute Gasteiger partial charge is 0.348 e. The van der Waals surface area contributed by atoms with E-state index in [2.05, 4.69) is 25.6 Å². The van der Waals surface area contributed by atoms with Crippen molar-refractivity contribution in [3.63, 3.8) is 0 Å². The number of fused-ring (bicyclic) bond motifs is 2. The van der Waals surface area contributed by atoms with Crippen molar-refractivity contribution in [3.8, 4) is 0 Å². The van der Waals surface area contributed by atoms with Crippen LogP contribution in [0.15, 0.2) is 0 Å². The van der Waals surface area contributed by atoms with Gasteiger partial charge in [-0.05, 0) is 49.5 Å². The maximum atomic E-state index is 6.54. The van der Waals surface area contributed by atoms with Crippen LogP contribution in [0.3, 0.4) is 0 Å². The number of hydrogen-bond acceptors (Lipinski definition) is 1. The zero-order valence-corrected chi connectivity index (χ0v) is 15.4. The fourth-order valence-electron chi connectivity index (χ4n) is 5.28. The van der Waals surface area contributed by atoms with Gasteiger partial charge in [0.2, 0.25) is 0 Å². The van der Waals surface area contributed by atoms with Crippen LogP contribution in [0.1, 0.15) is 104 Å². The fraction of sp³-hybridized carbons (Fsp3) is 1.00. The summed E-state index contributed by atoms with van der Waals surface area (Å²) in [5, 5.41) is 0. The minimum absolute atomic E-state index is 0.454. The molecule has 4 unspecified atom stereocenters. The zero-order chi connectivity index (χ0) is 16.0. The number of piperidine rings is 1. The third-order valence-corrected chi connectivity index (χ3v) is 6.55. The Kier molecular flexibility index (Phi) is 7.31. The monoisotopic (exact) mass is 303 g/mol. The third kappa shape index (κ3) is 4.31. The van der Waals surface area contributed by atoms with Crippen LogP contribution < -0.4 is 0 Å². The van der Waals surface area contributed by atoms with Gasteiger partial charge in [-0.1, -0.05) is 72.1 Å². The molecule has 0 spiro atoms. The molecule has 2 fully saturated rings. The van der Waals surface area contributed by atoms with E-state index in [4.69, 9.17) is 7.98 Å². The van der Waals surface area contributed by atoms with Gasteiger partial charge in [0.05, 0.1) is 0 Å². The lowest BCUT2D eigenvalue weighted by molar-refractivity contribution is 0.0769. The molecule has 0 N–H and O–H groups in total. The van der Waals surface area contributed by atoms with Crippen molar-refractivity contribution in [2.45, 2.75) is 116 Å². The molecule has 2 radical (unpaired) electrons. The standard InChI is InChI=1S/C20H38BN/c1-4-6-8-9-11-15-20(3,14-10-7-5-2)19-17-12-13-18(16-17)22(19)21/h17-19H,4-16H2,1-3H3. The Morgan fingerprint density at radius 3 is 2.09 bits per heavy atom. The van der Waals surface area contributed by atoms with E-state index in [1.807, 2.05) is 0 Å². The summed E-state index contributed by atoms with van der Waals surface area (Å²) in [6, 6.07) is 1.36. The summed E-state index contributed by atoms with van der Waals surface area (Å²) in [7, 11) is 6.54. The Bertz CT molecular complexity index is 317. The third-order valence-electron chi connectivity index (χ3n) is 6.55. The Balaban J connectivity index is 1.92. The Labute approximate surface area is 141 Å². The fourth-order valence-corrected chi connectivity index (χ4v) is 5.28. The molecule has 126 valence electrons. The Morgan fingerprint density at radius 2 is 1.50 bits per heavy atom. The van der Waals surface area contributed by atoms with Crippen molar-refractivity contribution in [1.82, 2.24) is 4.81 Å². The summed E-state index contributed by atoms with van der Waals surface area (Å²) in [5.41, 5.74) is 0.454. The second kappa shape index (κ2) is 8.76. The van der Waals surface area contributed by atoms with Gasteiger partial charge in [-0.15, -0.1) is 0 Å². The highest BCUT2D eigenvalue weighted by Crippen LogP contribution is 2.51. The van der Waals surface area contributed by atoms with Crippen LogP contribution in [0.25, 0.3) is 0 Å². The average molecular weight is 303 g/mol. The van der Waals surface area contributed by atoms with Crippen molar-refractivity contribution >= 4 is 7.98 Å². The van der Waals surface area contributed by atoms with Gasteiger partial charge in [-0.2, -0.15) is 0 Å². The molecule has 0 aromatic heterocycles. The van der Waals surface area contributed by atoms with Crippen molar-refractivity contribution in [1.29, 1.82) is 0 Å². The first-order chi connectivity index (χ1) is 10.6. The quantitative estimate of drug-likeness (QED) is 0.341. The first-order valence-electron chi connectivity index (χ1n) is 10.2. The number of hydrogen-bond donors (Lipinski definition) is 0. The molecule has 1 heterocycles. The maximum Gasteiger partial charge on any atom is 0.183 e. The van der Waals surface area contributed by atoms with Crippen LogP contribution in [0.5, 0.6) is 0 Å². The molecule has 0 amide bonds. The highest BCUT2D eigenvalue weighted by atomic mass is 15.2. The number of unbranched alkanes of at least 4 members (excludes halogenated alkanes) is 6. The van der Waals surface area contributed by atoms with E-state index < -0.39 is 0 Å². The second-order valence-corrected chi connectivity index (χ2v) is 8.39. The molecule has 1 aliphatic heterocycles. The van der Waals surface area contributed by atoms with Crippen LogP contribution in [0, 0.1) is 11.3 Å². The summed E-state index contributed by atoms with van der Waals surface area (Å²) in [6.45, 7) is 7.18. The number of rotatable bonds is 11. The molecule has 0 aromatic rings. The molecule has 22 heavy (non-hydrogen) atoms. The van der Waals surface area contributed by atoms with Crippen molar-refractivity contribution in [3.05, 3.63) is 0 Å². The number of nitrogens with zero attached hydrogens (tertiary/aromatic N) is 1. The van der Waals surface area contributed by atoms with Crippen LogP contribution in [-0.2, 0) is 0 Å². The molecule has 1 saturated carbocycles. The van der Waals surface area contributed by atoms with Crippen LogP contribution in [-0.4, -0.2) is 24.9 Å². The molecule has 4 atom stereocenters. The van der Waals surface area contributed by atoms with Gasteiger partial charge >= 0.3 is 0 Å². The van der Waals surface area contributed by atoms with Gasteiger partial charge in [-0.3, -0.25) is 0 Å². The SMILES string of the molecule is [B]N1C2CCC(C2)C1C(C)(CCCCC)CCCCCCC. The lowest BCUT2D eigenvalue weighted by Crippen LogP contribution is -2.49. The van der Waals surface area contributed by atoms with E-state index in [-0.39, 0.29) is 0 Å². The van der Waals surface area contributed by atoms with E-state index in [9.17, 15) is 0 Å². The van der Waals surface area contributed by atoms with Gasteiger partial charge < -0.3 is 4.81 Å². The minimum atomic E-state index is 0.454.